The van der Waals surface area contributed by atoms with Crippen molar-refractivity contribution in [3.8, 4) is 10.4 Å². The number of benzene rings is 1. The minimum atomic E-state index is -1.00. The fourth-order valence-corrected chi connectivity index (χ4v) is 2.27. The molecule has 0 radical (unpaired) electrons. The molecule has 1 heterocycles. The molecule has 2 aromatic rings. The van der Waals surface area contributed by atoms with Crippen LogP contribution >= 0.6 is 11.3 Å². The van der Waals surface area contributed by atoms with Crippen LogP contribution in [0.15, 0.2) is 30.3 Å². The van der Waals surface area contributed by atoms with Crippen LogP contribution < -0.4 is 16.3 Å². The van der Waals surface area contributed by atoms with E-state index in [9.17, 15) is 4.79 Å². The lowest BCUT2D eigenvalue weighted by molar-refractivity contribution is -0.359. The SMILES string of the molecule is NNc1[nH+]c(C(=O)O)c(-c2ccccc2)s1. The average Bonchev–Trinajstić information content (AvgIpc) is 2.74. The van der Waals surface area contributed by atoms with Crippen LogP contribution in [0.1, 0.15) is 10.5 Å². The second-order valence-corrected chi connectivity index (χ2v) is 4.10. The lowest BCUT2D eigenvalue weighted by Gasteiger charge is -1.95. The topological polar surface area (TPSA) is 89.5 Å². The van der Waals surface area contributed by atoms with Gasteiger partial charge in [0.1, 0.15) is 0 Å². The van der Waals surface area contributed by atoms with Crippen molar-refractivity contribution >= 4 is 22.4 Å². The summed E-state index contributed by atoms with van der Waals surface area (Å²) in [7, 11) is 0. The second kappa shape index (κ2) is 4.30. The Labute approximate surface area is 95.5 Å². The maximum Gasteiger partial charge on any atom is 0.377 e. The number of hydrogen-bond acceptors (Lipinski definition) is 4. The summed E-state index contributed by atoms with van der Waals surface area (Å²) >= 11 is 1.27. The largest absolute Gasteiger partial charge is 0.475 e. The van der Waals surface area contributed by atoms with E-state index >= 15 is 0 Å². The predicted molar refractivity (Wildman–Crippen MR) is 61.1 cm³/mol. The van der Waals surface area contributed by atoms with Crippen LogP contribution in [0.5, 0.6) is 0 Å². The molecule has 5 N–H and O–H groups in total. The zero-order chi connectivity index (χ0) is 11.5. The highest BCUT2D eigenvalue weighted by Gasteiger charge is 2.22. The van der Waals surface area contributed by atoms with Crippen molar-refractivity contribution in [2.75, 3.05) is 5.43 Å². The van der Waals surface area contributed by atoms with E-state index in [1.807, 2.05) is 30.3 Å². The number of carboxylic acids is 1. The molecule has 2 rings (SSSR count). The monoisotopic (exact) mass is 236 g/mol. The summed E-state index contributed by atoms with van der Waals surface area (Å²) in [5.41, 5.74) is 3.40. The summed E-state index contributed by atoms with van der Waals surface area (Å²) in [6.07, 6.45) is 0. The van der Waals surface area contributed by atoms with E-state index in [1.165, 1.54) is 11.3 Å². The van der Waals surface area contributed by atoms with Gasteiger partial charge in [-0.15, -0.1) is 0 Å². The van der Waals surface area contributed by atoms with Crippen molar-refractivity contribution in [2.24, 2.45) is 5.84 Å². The summed E-state index contributed by atoms with van der Waals surface area (Å²) in [6, 6.07) is 9.30. The molecule has 0 bridgehead atoms. The molecule has 6 heteroatoms. The van der Waals surface area contributed by atoms with E-state index in [0.29, 0.717) is 10.0 Å². The molecule has 1 aromatic carbocycles. The van der Waals surface area contributed by atoms with Crippen LogP contribution in [0.3, 0.4) is 0 Å². The van der Waals surface area contributed by atoms with Gasteiger partial charge in [0.2, 0.25) is 5.69 Å². The highest BCUT2D eigenvalue weighted by atomic mass is 32.1. The number of aromatic carboxylic acids is 1. The number of thiazole rings is 1. The van der Waals surface area contributed by atoms with Crippen molar-refractivity contribution < 1.29 is 14.9 Å². The fraction of sp³-hybridized carbons (Fsp3) is 0. The molecule has 0 spiro atoms. The van der Waals surface area contributed by atoms with Crippen LogP contribution in [-0.4, -0.2) is 11.1 Å². The Balaban J connectivity index is 2.55. The van der Waals surface area contributed by atoms with Gasteiger partial charge in [0.15, 0.2) is 0 Å². The van der Waals surface area contributed by atoms with Gasteiger partial charge in [-0.2, -0.15) is 11.3 Å². The van der Waals surface area contributed by atoms with Gasteiger partial charge < -0.3 is 5.11 Å². The van der Waals surface area contributed by atoms with E-state index in [0.717, 1.165) is 5.56 Å². The minimum Gasteiger partial charge on any atom is -0.475 e. The van der Waals surface area contributed by atoms with Crippen molar-refractivity contribution in [3.05, 3.63) is 36.0 Å². The molecule has 0 aliphatic heterocycles. The Morgan fingerprint density at radius 3 is 2.62 bits per heavy atom. The van der Waals surface area contributed by atoms with Crippen LogP contribution in [0, 0.1) is 0 Å². The van der Waals surface area contributed by atoms with Gasteiger partial charge >= 0.3 is 11.1 Å². The Kier molecular flexibility index (Phi) is 2.84. The molecule has 0 aliphatic rings. The Morgan fingerprint density at radius 1 is 1.38 bits per heavy atom. The molecule has 0 fully saturated rings. The molecular weight excluding hydrogens is 226 g/mol. The maximum absolute atomic E-state index is 11.0. The normalized spacial score (nSPS) is 10.1. The molecule has 0 aliphatic carbocycles. The Morgan fingerprint density at radius 2 is 2.06 bits per heavy atom. The first-order chi connectivity index (χ1) is 7.72. The van der Waals surface area contributed by atoms with Gasteiger partial charge in [0, 0.05) is 0 Å². The zero-order valence-electron chi connectivity index (χ0n) is 8.23. The minimum absolute atomic E-state index is 0.143. The molecule has 5 nitrogen and oxygen atoms in total. The molecular formula is C10H10N3O2S+. The molecule has 82 valence electrons. The molecule has 16 heavy (non-hydrogen) atoms. The lowest BCUT2D eigenvalue weighted by Crippen LogP contribution is -2.19. The van der Waals surface area contributed by atoms with Gasteiger partial charge in [0.05, 0.1) is 4.88 Å². The summed E-state index contributed by atoms with van der Waals surface area (Å²) in [6.45, 7) is 0. The molecule has 1 aromatic heterocycles. The van der Waals surface area contributed by atoms with Crippen molar-refractivity contribution in [1.82, 2.24) is 0 Å². The van der Waals surface area contributed by atoms with Crippen LogP contribution in [-0.2, 0) is 0 Å². The van der Waals surface area contributed by atoms with E-state index in [-0.39, 0.29) is 5.69 Å². The molecule has 0 amide bonds. The Bertz CT molecular complexity index is 510. The van der Waals surface area contributed by atoms with Gasteiger partial charge in [-0.1, -0.05) is 30.3 Å². The smallest absolute Gasteiger partial charge is 0.377 e. The standard InChI is InChI=1S/C10H9N3O2S/c11-13-10-12-7(9(14)15)8(16-10)6-4-2-1-3-5-6/h1-5H,11H2,(H,12,13)(H,14,15)/p+1. The fourth-order valence-electron chi connectivity index (χ4n) is 1.36. The number of aromatic nitrogens is 1. The number of H-pyrrole nitrogens is 1. The van der Waals surface area contributed by atoms with E-state index in [1.54, 1.807) is 0 Å². The first-order valence-electron chi connectivity index (χ1n) is 4.54. The number of hydrogen-bond donors (Lipinski definition) is 3. The number of carboxylic acid groups (broad SMARTS) is 1. The first-order valence-corrected chi connectivity index (χ1v) is 5.35. The van der Waals surface area contributed by atoms with Crippen LogP contribution in [0.25, 0.3) is 10.4 Å². The van der Waals surface area contributed by atoms with E-state index in [2.05, 4.69) is 10.4 Å². The van der Waals surface area contributed by atoms with Crippen LogP contribution in [0.2, 0.25) is 0 Å². The van der Waals surface area contributed by atoms with Crippen LogP contribution in [0.4, 0.5) is 5.13 Å². The second-order valence-electron chi connectivity index (χ2n) is 3.08. The summed E-state index contributed by atoms with van der Waals surface area (Å²) in [5, 5.41) is 9.55. The van der Waals surface area contributed by atoms with Gasteiger partial charge in [-0.05, 0) is 16.9 Å². The number of rotatable bonds is 3. The number of hydrazine groups is 1. The van der Waals surface area contributed by atoms with E-state index < -0.39 is 5.97 Å². The van der Waals surface area contributed by atoms with Crippen molar-refractivity contribution in [1.29, 1.82) is 0 Å². The van der Waals surface area contributed by atoms with Gasteiger partial charge in [-0.3, -0.25) is 0 Å². The summed E-state index contributed by atoms with van der Waals surface area (Å²) < 4.78 is 0. The van der Waals surface area contributed by atoms with Crippen molar-refractivity contribution in [2.45, 2.75) is 0 Å². The molecule has 0 saturated carbocycles. The number of nitrogens with two attached hydrogens (primary N) is 1. The molecule has 0 atom stereocenters. The zero-order valence-corrected chi connectivity index (χ0v) is 9.04. The third-order valence-electron chi connectivity index (χ3n) is 2.05. The van der Waals surface area contributed by atoms with Gasteiger partial charge in [0.25, 0.3) is 0 Å². The predicted octanol–water partition coefficient (Wildman–Crippen LogP) is 1.21. The summed E-state index contributed by atoms with van der Waals surface area (Å²) in [5.74, 6) is 4.24. The summed E-state index contributed by atoms with van der Waals surface area (Å²) in [4.78, 5) is 14.4. The van der Waals surface area contributed by atoms with Crippen molar-refractivity contribution in [3.63, 3.8) is 0 Å². The quantitative estimate of drug-likeness (QED) is 0.552. The number of aromatic amines is 1. The number of nitrogen functional groups attached to an aromatic ring is 1. The number of nitrogens with one attached hydrogen (secondary N) is 2. The van der Waals surface area contributed by atoms with E-state index in [4.69, 9.17) is 10.9 Å². The third kappa shape index (κ3) is 1.88. The first kappa shape index (κ1) is 10.6. The third-order valence-corrected chi connectivity index (χ3v) is 3.12. The average molecular weight is 236 g/mol. The molecule has 0 saturated heterocycles. The number of carbonyl (C=O) groups is 1. The number of anilines is 1. The Hall–Kier alpha value is -1.92. The lowest BCUT2D eigenvalue weighted by atomic mass is 10.1. The van der Waals surface area contributed by atoms with Gasteiger partial charge in [-0.25, -0.2) is 9.78 Å². The highest BCUT2D eigenvalue weighted by Crippen LogP contribution is 2.29. The maximum atomic E-state index is 11.0. The highest BCUT2D eigenvalue weighted by molar-refractivity contribution is 7.18. The molecule has 0 unspecified atom stereocenters.